The van der Waals surface area contributed by atoms with E-state index in [1.54, 1.807) is 38.3 Å². The number of para-hydroxylation sites is 1. The summed E-state index contributed by atoms with van der Waals surface area (Å²) in [6.45, 7) is 1.79. The molecule has 3 rings (SSSR count). The SMILES string of the molecule is COc1ccc(C(=O)C2=C(C)Sc3ccccc3NC2=O)cc1. The number of anilines is 1. The summed E-state index contributed by atoms with van der Waals surface area (Å²) < 4.78 is 5.09. The van der Waals surface area contributed by atoms with Gasteiger partial charge in [-0.15, -0.1) is 0 Å². The van der Waals surface area contributed by atoms with Crippen LogP contribution in [0.25, 0.3) is 0 Å². The Morgan fingerprint density at radius 2 is 1.78 bits per heavy atom. The van der Waals surface area contributed by atoms with E-state index < -0.39 is 0 Å². The lowest BCUT2D eigenvalue weighted by atomic mass is 10.0. The van der Waals surface area contributed by atoms with Crippen molar-refractivity contribution in [3.63, 3.8) is 0 Å². The number of ether oxygens (including phenoxy) is 1. The lowest BCUT2D eigenvalue weighted by Crippen LogP contribution is -2.20. The van der Waals surface area contributed by atoms with E-state index in [0.717, 1.165) is 10.6 Å². The molecule has 0 saturated heterocycles. The Morgan fingerprint density at radius 1 is 1.09 bits per heavy atom. The Bertz CT molecular complexity index is 809. The molecular weight excluding hydrogens is 310 g/mol. The summed E-state index contributed by atoms with van der Waals surface area (Å²) in [5.41, 5.74) is 1.36. The second-order valence-corrected chi connectivity index (χ2v) is 6.30. The second kappa shape index (κ2) is 6.30. The van der Waals surface area contributed by atoms with Gasteiger partial charge in [0.1, 0.15) is 5.75 Å². The van der Waals surface area contributed by atoms with Crippen molar-refractivity contribution in [2.75, 3.05) is 12.4 Å². The molecule has 2 aromatic rings. The molecule has 0 bridgehead atoms. The van der Waals surface area contributed by atoms with Gasteiger partial charge in [-0.25, -0.2) is 0 Å². The Labute approximate surface area is 138 Å². The van der Waals surface area contributed by atoms with Crippen LogP contribution in [0.2, 0.25) is 0 Å². The Morgan fingerprint density at radius 3 is 2.48 bits per heavy atom. The van der Waals surface area contributed by atoms with E-state index >= 15 is 0 Å². The predicted molar refractivity (Wildman–Crippen MR) is 91.0 cm³/mol. The molecule has 116 valence electrons. The van der Waals surface area contributed by atoms with Gasteiger partial charge < -0.3 is 10.1 Å². The molecule has 1 heterocycles. The number of Topliss-reactive ketones (excluding diaryl/α,β-unsaturated/α-hetero) is 1. The number of rotatable bonds is 3. The molecule has 5 heteroatoms. The third-order valence-electron chi connectivity index (χ3n) is 3.56. The summed E-state index contributed by atoms with van der Waals surface area (Å²) in [4.78, 5) is 26.9. The number of benzene rings is 2. The zero-order valence-corrected chi connectivity index (χ0v) is 13.6. The molecule has 1 aliphatic rings. The van der Waals surface area contributed by atoms with Crippen LogP contribution in [0.5, 0.6) is 5.75 Å². The summed E-state index contributed by atoms with van der Waals surface area (Å²) in [6, 6.07) is 14.2. The van der Waals surface area contributed by atoms with Gasteiger partial charge >= 0.3 is 0 Å². The van der Waals surface area contributed by atoms with Crippen LogP contribution in [0.3, 0.4) is 0 Å². The fourth-order valence-corrected chi connectivity index (χ4v) is 3.36. The van der Waals surface area contributed by atoms with Crippen LogP contribution in [-0.4, -0.2) is 18.8 Å². The first-order valence-corrected chi connectivity index (χ1v) is 7.89. The average Bonchev–Trinajstić information content (AvgIpc) is 2.69. The van der Waals surface area contributed by atoms with Crippen LogP contribution in [0.1, 0.15) is 17.3 Å². The van der Waals surface area contributed by atoms with E-state index in [9.17, 15) is 9.59 Å². The molecular formula is C18H15NO3S. The van der Waals surface area contributed by atoms with Gasteiger partial charge in [0.25, 0.3) is 5.91 Å². The lowest BCUT2D eigenvalue weighted by Gasteiger charge is -2.08. The zero-order valence-electron chi connectivity index (χ0n) is 12.8. The van der Waals surface area contributed by atoms with Gasteiger partial charge in [-0.1, -0.05) is 23.9 Å². The van der Waals surface area contributed by atoms with E-state index in [-0.39, 0.29) is 17.3 Å². The number of hydrogen-bond acceptors (Lipinski definition) is 4. The van der Waals surface area contributed by atoms with Crippen LogP contribution in [0, 0.1) is 0 Å². The highest BCUT2D eigenvalue weighted by Crippen LogP contribution is 2.37. The largest absolute Gasteiger partial charge is 0.497 e. The van der Waals surface area contributed by atoms with Gasteiger partial charge in [0.15, 0.2) is 5.78 Å². The number of nitrogens with one attached hydrogen (secondary N) is 1. The van der Waals surface area contributed by atoms with Crippen molar-refractivity contribution >= 4 is 29.1 Å². The monoisotopic (exact) mass is 325 g/mol. The highest BCUT2D eigenvalue weighted by Gasteiger charge is 2.26. The molecule has 4 nitrogen and oxygen atoms in total. The molecule has 0 spiro atoms. The number of allylic oxidation sites excluding steroid dienone is 1. The number of carbonyl (C=O) groups excluding carboxylic acids is 2. The minimum atomic E-state index is -0.374. The molecule has 0 unspecified atom stereocenters. The molecule has 23 heavy (non-hydrogen) atoms. The smallest absolute Gasteiger partial charge is 0.260 e. The van der Waals surface area contributed by atoms with Crippen molar-refractivity contribution in [1.82, 2.24) is 0 Å². The maximum Gasteiger partial charge on any atom is 0.260 e. The molecule has 1 N–H and O–H groups in total. The fourth-order valence-electron chi connectivity index (χ4n) is 2.37. The van der Waals surface area contributed by atoms with Crippen LogP contribution in [0.15, 0.2) is 63.9 Å². The topological polar surface area (TPSA) is 55.4 Å². The number of amides is 1. The zero-order chi connectivity index (χ0) is 16.4. The molecule has 0 fully saturated rings. The third-order valence-corrected chi connectivity index (χ3v) is 4.64. The van der Waals surface area contributed by atoms with E-state index in [1.165, 1.54) is 11.8 Å². The van der Waals surface area contributed by atoms with Crippen LogP contribution in [-0.2, 0) is 4.79 Å². The van der Waals surface area contributed by atoms with Gasteiger partial charge in [-0.2, -0.15) is 0 Å². The van der Waals surface area contributed by atoms with Gasteiger partial charge in [-0.3, -0.25) is 9.59 Å². The average molecular weight is 325 g/mol. The maximum absolute atomic E-state index is 12.8. The Balaban J connectivity index is 1.97. The van der Waals surface area contributed by atoms with Crippen LogP contribution < -0.4 is 10.1 Å². The molecule has 0 aromatic heterocycles. The Kier molecular flexibility index (Phi) is 4.21. The van der Waals surface area contributed by atoms with E-state index in [1.807, 2.05) is 24.3 Å². The molecule has 0 atom stereocenters. The summed E-state index contributed by atoms with van der Waals surface area (Å²) in [7, 11) is 1.57. The molecule has 1 aliphatic heterocycles. The summed E-state index contributed by atoms with van der Waals surface area (Å²) >= 11 is 1.43. The van der Waals surface area contributed by atoms with E-state index in [2.05, 4.69) is 5.32 Å². The fraction of sp³-hybridized carbons (Fsp3) is 0.111. The first-order valence-electron chi connectivity index (χ1n) is 7.08. The van der Waals surface area contributed by atoms with Crippen molar-refractivity contribution in [2.45, 2.75) is 11.8 Å². The first-order chi connectivity index (χ1) is 11.1. The molecule has 0 saturated carbocycles. The highest BCUT2D eigenvalue weighted by atomic mass is 32.2. The normalized spacial score (nSPS) is 13.9. The minimum Gasteiger partial charge on any atom is -0.497 e. The molecule has 2 aromatic carbocycles. The second-order valence-electron chi connectivity index (χ2n) is 5.04. The van der Waals surface area contributed by atoms with E-state index in [4.69, 9.17) is 4.74 Å². The quantitative estimate of drug-likeness (QED) is 0.687. The minimum absolute atomic E-state index is 0.177. The highest BCUT2D eigenvalue weighted by molar-refractivity contribution is 8.03. The molecule has 0 aliphatic carbocycles. The summed E-state index contributed by atoms with van der Waals surface area (Å²) in [6.07, 6.45) is 0. The number of methoxy groups -OCH3 is 1. The number of fused-ring (bicyclic) bond motifs is 1. The lowest BCUT2D eigenvalue weighted by molar-refractivity contribution is -0.112. The molecule has 0 radical (unpaired) electrons. The van der Waals surface area contributed by atoms with Gasteiger partial charge in [0, 0.05) is 15.4 Å². The standard InChI is InChI=1S/C18H15NO3S/c1-11-16(17(20)12-7-9-13(22-2)10-8-12)18(21)19-14-5-3-4-6-15(14)23-11/h3-10H,1-2H3,(H,19,21). The van der Waals surface area contributed by atoms with Crippen LogP contribution in [0.4, 0.5) is 5.69 Å². The van der Waals surface area contributed by atoms with E-state index in [0.29, 0.717) is 16.2 Å². The van der Waals surface area contributed by atoms with Crippen molar-refractivity contribution in [1.29, 1.82) is 0 Å². The number of hydrogen-bond donors (Lipinski definition) is 1. The third kappa shape index (κ3) is 3.00. The summed E-state index contributed by atoms with van der Waals surface area (Å²) in [5.74, 6) is 0.00285. The van der Waals surface area contributed by atoms with Gasteiger partial charge in [0.2, 0.25) is 0 Å². The summed E-state index contributed by atoms with van der Waals surface area (Å²) in [5, 5.41) is 2.81. The molecule has 1 amide bonds. The van der Waals surface area contributed by atoms with Crippen molar-refractivity contribution < 1.29 is 14.3 Å². The van der Waals surface area contributed by atoms with Gasteiger partial charge in [-0.05, 0) is 43.3 Å². The number of thioether (sulfide) groups is 1. The van der Waals surface area contributed by atoms with Crippen LogP contribution >= 0.6 is 11.8 Å². The first kappa shape index (κ1) is 15.4. The van der Waals surface area contributed by atoms with Gasteiger partial charge in [0.05, 0.1) is 18.4 Å². The Hall–Kier alpha value is -2.53. The van der Waals surface area contributed by atoms with Crippen molar-refractivity contribution in [2.24, 2.45) is 0 Å². The number of carbonyl (C=O) groups is 2. The van der Waals surface area contributed by atoms with Crippen molar-refractivity contribution in [3.05, 3.63) is 64.6 Å². The predicted octanol–water partition coefficient (Wildman–Crippen LogP) is 3.90. The van der Waals surface area contributed by atoms with Crippen molar-refractivity contribution in [3.8, 4) is 5.75 Å². The maximum atomic E-state index is 12.8. The number of ketones is 1.